The minimum atomic E-state index is -0.199. The molecule has 0 spiro atoms. The van der Waals surface area contributed by atoms with E-state index in [0.29, 0.717) is 18.4 Å². The molecule has 0 bridgehead atoms. The minimum absolute atomic E-state index is 0.199. The first-order valence-electron chi connectivity index (χ1n) is 8.12. The minimum Gasteiger partial charge on any atom is -0.326 e. The van der Waals surface area contributed by atoms with Crippen LogP contribution in [0.15, 0.2) is 18.2 Å². The second kappa shape index (κ2) is 9.16. The second-order valence-corrected chi connectivity index (χ2v) is 6.76. The van der Waals surface area contributed by atoms with Crippen molar-refractivity contribution >= 4 is 0 Å². The topological polar surface area (TPSA) is 29.3 Å². The van der Waals surface area contributed by atoms with E-state index >= 15 is 0 Å². The fourth-order valence-corrected chi connectivity index (χ4v) is 2.33. The van der Waals surface area contributed by atoms with Gasteiger partial charge >= 0.3 is 0 Å². The summed E-state index contributed by atoms with van der Waals surface area (Å²) < 4.78 is 13.3. The van der Waals surface area contributed by atoms with Gasteiger partial charge in [0.25, 0.3) is 0 Å². The number of hydrogen-bond donors (Lipinski definition) is 1. The van der Waals surface area contributed by atoms with E-state index in [9.17, 15) is 4.39 Å². The lowest BCUT2D eigenvalue weighted by molar-refractivity contribution is 0.235. The van der Waals surface area contributed by atoms with E-state index in [-0.39, 0.29) is 5.82 Å². The Morgan fingerprint density at radius 2 is 1.57 bits per heavy atom. The second-order valence-electron chi connectivity index (χ2n) is 6.76. The molecule has 0 aliphatic heterocycles. The number of hydrogen-bond acceptors (Lipinski definition) is 2. The Bertz CT molecular complexity index is 404. The van der Waals surface area contributed by atoms with Crippen LogP contribution in [0, 0.1) is 17.7 Å². The molecular weight excluding hydrogens is 263 g/mol. The highest BCUT2D eigenvalue weighted by molar-refractivity contribution is 5.27. The molecule has 0 aliphatic carbocycles. The molecule has 0 heterocycles. The Morgan fingerprint density at radius 1 is 1.00 bits per heavy atom. The molecule has 0 saturated heterocycles. The first kappa shape index (κ1) is 18.1. The van der Waals surface area contributed by atoms with Crippen LogP contribution in [0.5, 0.6) is 0 Å². The monoisotopic (exact) mass is 294 g/mol. The molecule has 0 aromatic heterocycles. The molecule has 0 amide bonds. The van der Waals surface area contributed by atoms with Gasteiger partial charge < -0.3 is 5.73 Å². The molecule has 21 heavy (non-hydrogen) atoms. The molecule has 0 saturated carbocycles. The summed E-state index contributed by atoms with van der Waals surface area (Å²) in [4.78, 5) is 2.48. The molecule has 0 radical (unpaired) electrons. The van der Waals surface area contributed by atoms with Gasteiger partial charge in [-0.1, -0.05) is 33.8 Å². The van der Waals surface area contributed by atoms with Gasteiger partial charge in [-0.15, -0.1) is 0 Å². The molecule has 1 aromatic carbocycles. The third kappa shape index (κ3) is 7.05. The maximum Gasteiger partial charge on any atom is 0.123 e. The molecule has 0 unspecified atom stereocenters. The smallest absolute Gasteiger partial charge is 0.123 e. The van der Waals surface area contributed by atoms with Crippen molar-refractivity contribution in [1.29, 1.82) is 0 Å². The first-order valence-corrected chi connectivity index (χ1v) is 8.12. The summed E-state index contributed by atoms with van der Waals surface area (Å²) >= 11 is 0. The van der Waals surface area contributed by atoms with Gasteiger partial charge in [-0.25, -0.2) is 4.39 Å². The Kier molecular flexibility index (Phi) is 7.91. The van der Waals surface area contributed by atoms with Crippen molar-refractivity contribution in [3.8, 4) is 0 Å². The molecular formula is C18H31FN2. The van der Waals surface area contributed by atoms with E-state index < -0.39 is 0 Å². The third-order valence-corrected chi connectivity index (χ3v) is 3.83. The van der Waals surface area contributed by atoms with Crippen LogP contribution in [-0.4, -0.2) is 18.0 Å². The lowest BCUT2D eigenvalue weighted by Gasteiger charge is -2.25. The number of halogens is 1. The number of benzene rings is 1. The zero-order valence-corrected chi connectivity index (χ0v) is 14.0. The predicted molar refractivity (Wildman–Crippen MR) is 88.5 cm³/mol. The Balaban J connectivity index is 2.74. The maximum absolute atomic E-state index is 13.3. The van der Waals surface area contributed by atoms with Crippen molar-refractivity contribution in [3.05, 3.63) is 35.1 Å². The molecule has 1 rings (SSSR count). The highest BCUT2D eigenvalue weighted by Crippen LogP contribution is 2.16. The van der Waals surface area contributed by atoms with Gasteiger partial charge in [-0.2, -0.15) is 0 Å². The SMILES string of the molecule is CC(C)CCN(CCC(C)C)Cc1ccc(F)cc1CN. The van der Waals surface area contributed by atoms with E-state index in [2.05, 4.69) is 32.6 Å². The fourth-order valence-electron chi connectivity index (χ4n) is 2.33. The third-order valence-electron chi connectivity index (χ3n) is 3.83. The molecule has 3 heteroatoms. The normalized spacial score (nSPS) is 11.9. The van der Waals surface area contributed by atoms with Gasteiger partial charge in [-0.05, 0) is 61.0 Å². The molecule has 2 N–H and O–H groups in total. The molecule has 0 atom stereocenters. The van der Waals surface area contributed by atoms with Crippen LogP contribution in [-0.2, 0) is 13.1 Å². The fraction of sp³-hybridized carbons (Fsp3) is 0.667. The highest BCUT2D eigenvalue weighted by Gasteiger charge is 2.11. The lowest BCUT2D eigenvalue weighted by Crippen LogP contribution is -2.28. The largest absolute Gasteiger partial charge is 0.326 e. The molecule has 2 nitrogen and oxygen atoms in total. The van der Waals surface area contributed by atoms with Gasteiger partial charge in [0.05, 0.1) is 0 Å². The number of rotatable bonds is 9. The van der Waals surface area contributed by atoms with Crippen LogP contribution in [0.25, 0.3) is 0 Å². The quantitative estimate of drug-likeness (QED) is 0.740. The van der Waals surface area contributed by atoms with Crippen LogP contribution in [0.4, 0.5) is 4.39 Å². The van der Waals surface area contributed by atoms with Gasteiger partial charge in [0.1, 0.15) is 5.82 Å². The summed E-state index contributed by atoms with van der Waals surface area (Å²) in [6.45, 7) is 12.5. The summed E-state index contributed by atoms with van der Waals surface area (Å²) in [6, 6.07) is 4.99. The summed E-state index contributed by atoms with van der Waals surface area (Å²) in [5.41, 5.74) is 7.84. The average Bonchev–Trinajstić information content (AvgIpc) is 2.42. The van der Waals surface area contributed by atoms with Crippen molar-refractivity contribution in [1.82, 2.24) is 4.90 Å². The number of nitrogens with zero attached hydrogens (tertiary/aromatic N) is 1. The van der Waals surface area contributed by atoms with E-state index in [4.69, 9.17) is 5.73 Å². The lowest BCUT2D eigenvalue weighted by atomic mass is 10.0. The van der Waals surface area contributed by atoms with Crippen molar-refractivity contribution in [2.45, 2.75) is 53.6 Å². The van der Waals surface area contributed by atoms with Crippen LogP contribution in [0.2, 0.25) is 0 Å². The van der Waals surface area contributed by atoms with Crippen molar-refractivity contribution in [2.24, 2.45) is 17.6 Å². The zero-order chi connectivity index (χ0) is 15.8. The van der Waals surface area contributed by atoms with Gasteiger partial charge in [0.2, 0.25) is 0 Å². The standard InChI is InChI=1S/C18H31FN2/c1-14(2)7-9-21(10-8-15(3)4)13-16-5-6-18(19)11-17(16)12-20/h5-6,11,14-15H,7-10,12-13,20H2,1-4H3. The van der Waals surface area contributed by atoms with Gasteiger partial charge in [0.15, 0.2) is 0 Å². The van der Waals surface area contributed by atoms with Crippen molar-refractivity contribution < 1.29 is 4.39 Å². The summed E-state index contributed by atoms with van der Waals surface area (Å²) in [5.74, 6) is 1.21. The van der Waals surface area contributed by atoms with Crippen LogP contribution in [0.3, 0.4) is 0 Å². The predicted octanol–water partition coefficient (Wildman–Crippen LogP) is 4.18. The van der Waals surface area contributed by atoms with Crippen LogP contribution in [0.1, 0.15) is 51.7 Å². The van der Waals surface area contributed by atoms with Gasteiger partial charge in [-0.3, -0.25) is 4.90 Å². The zero-order valence-electron chi connectivity index (χ0n) is 14.0. The Hall–Kier alpha value is -0.930. The Morgan fingerprint density at radius 3 is 2.05 bits per heavy atom. The molecule has 1 aromatic rings. The van der Waals surface area contributed by atoms with E-state index in [1.165, 1.54) is 18.9 Å². The summed E-state index contributed by atoms with van der Waals surface area (Å²) in [6.07, 6.45) is 2.38. The van der Waals surface area contributed by atoms with E-state index in [1.807, 2.05) is 6.07 Å². The summed E-state index contributed by atoms with van der Waals surface area (Å²) in [5, 5.41) is 0. The van der Waals surface area contributed by atoms with Crippen molar-refractivity contribution in [2.75, 3.05) is 13.1 Å². The molecule has 0 aliphatic rings. The molecule has 120 valence electrons. The van der Waals surface area contributed by atoms with E-state index in [1.54, 1.807) is 6.07 Å². The highest BCUT2D eigenvalue weighted by atomic mass is 19.1. The maximum atomic E-state index is 13.3. The summed E-state index contributed by atoms with van der Waals surface area (Å²) in [7, 11) is 0. The molecule has 0 fully saturated rings. The van der Waals surface area contributed by atoms with Gasteiger partial charge in [0, 0.05) is 13.1 Å². The van der Waals surface area contributed by atoms with Crippen molar-refractivity contribution in [3.63, 3.8) is 0 Å². The Labute approximate surface area is 129 Å². The first-order chi connectivity index (χ1) is 9.92. The van der Waals surface area contributed by atoms with E-state index in [0.717, 1.165) is 30.8 Å². The number of nitrogens with two attached hydrogens (primary N) is 1. The van der Waals surface area contributed by atoms with Crippen LogP contribution < -0.4 is 5.73 Å². The van der Waals surface area contributed by atoms with Crippen LogP contribution >= 0.6 is 0 Å². The average molecular weight is 294 g/mol.